The number of anilines is 1. The Balaban J connectivity index is 2.84. The first-order valence-corrected chi connectivity index (χ1v) is 8.40. The van der Waals surface area contributed by atoms with E-state index in [4.69, 9.17) is 15.2 Å². The monoisotopic (exact) mass is 366 g/mol. The highest BCUT2D eigenvalue weighted by Gasteiger charge is 2.20. The standard InChI is InChI=1S/C12H19BrN2O4S/c1-3-19-6-4-5-15-20(16,17)12-8-10(14)9(13)7-11(12)18-2/h7-8,15H,3-6,14H2,1-2H3. The zero-order valence-electron chi connectivity index (χ0n) is 11.5. The van der Waals surface area contributed by atoms with Crippen LogP contribution >= 0.6 is 15.9 Å². The van der Waals surface area contributed by atoms with Gasteiger partial charge >= 0.3 is 0 Å². The van der Waals surface area contributed by atoms with Gasteiger partial charge in [0.25, 0.3) is 0 Å². The maximum Gasteiger partial charge on any atom is 0.244 e. The molecular formula is C12H19BrN2O4S. The molecule has 0 saturated heterocycles. The van der Waals surface area contributed by atoms with E-state index in [1.54, 1.807) is 0 Å². The zero-order valence-corrected chi connectivity index (χ0v) is 13.9. The normalized spacial score (nSPS) is 11.6. The molecule has 1 rings (SSSR count). The van der Waals surface area contributed by atoms with Gasteiger partial charge < -0.3 is 15.2 Å². The second kappa shape index (κ2) is 7.82. The lowest BCUT2D eigenvalue weighted by atomic mass is 10.3. The minimum atomic E-state index is -3.66. The molecule has 0 radical (unpaired) electrons. The Bertz CT molecular complexity index is 549. The molecule has 0 aliphatic heterocycles. The van der Waals surface area contributed by atoms with Crippen molar-refractivity contribution in [3.8, 4) is 5.75 Å². The van der Waals surface area contributed by atoms with Crippen molar-refractivity contribution in [3.63, 3.8) is 0 Å². The van der Waals surface area contributed by atoms with E-state index in [1.807, 2.05) is 6.92 Å². The number of halogens is 1. The number of hydrogen-bond acceptors (Lipinski definition) is 5. The van der Waals surface area contributed by atoms with Crippen molar-refractivity contribution >= 4 is 31.6 Å². The number of hydrogen-bond donors (Lipinski definition) is 2. The van der Waals surface area contributed by atoms with E-state index < -0.39 is 10.0 Å². The Labute approximate surface area is 127 Å². The topological polar surface area (TPSA) is 90.7 Å². The molecule has 1 aromatic rings. The molecule has 0 saturated carbocycles. The Morgan fingerprint density at radius 3 is 2.70 bits per heavy atom. The molecule has 0 bridgehead atoms. The van der Waals surface area contributed by atoms with Gasteiger partial charge in [-0.25, -0.2) is 13.1 Å². The van der Waals surface area contributed by atoms with Gasteiger partial charge in [0, 0.05) is 29.9 Å². The summed E-state index contributed by atoms with van der Waals surface area (Å²) in [6.45, 7) is 3.31. The van der Waals surface area contributed by atoms with Crippen molar-refractivity contribution in [3.05, 3.63) is 16.6 Å². The summed E-state index contributed by atoms with van der Waals surface area (Å²) in [5.41, 5.74) is 6.05. The summed E-state index contributed by atoms with van der Waals surface area (Å²) in [7, 11) is -2.25. The number of ether oxygens (including phenoxy) is 2. The molecule has 0 aromatic heterocycles. The van der Waals surface area contributed by atoms with E-state index in [2.05, 4.69) is 20.7 Å². The summed E-state index contributed by atoms with van der Waals surface area (Å²) in [6.07, 6.45) is 0.599. The SMILES string of the molecule is CCOCCCNS(=O)(=O)c1cc(N)c(Br)cc1OC. The lowest BCUT2D eigenvalue weighted by molar-refractivity contribution is 0.146. The highest BCUT2D eigenvalue weighted by molar-refractivity contribution is 9.10. The Hall–Kier alpha value is -0.830. The van der Waals surface area contributed by atoms with Crippen molar-refractivity contribution in [1.82, 2.24) is 4.72 Å². The molecule has 8 heteroatoms. The van der Waals surface area contributed by atoms with Crippen molar-refractivity contribution in [2.24, 2.45) is 0 Å². The van der Waals surface area contributed by atoms with Gasteiger partial charge in [0.05, 0.1) is 7.11 Å². The van der Waals surface area contributed by atoms with E-state index in [1.165, 1.54) is 19.2 Å². The first-order chi connectivity index (χ1) is 9.42. The summed E-state index contributed by atoms with van der Waals surface area (Å²) in [4.78, 5) is 0.0251. The van der Waals surface area contributed by atoms with Crippen LogP contribution in [-0.2, 0) is 14.8 Å². The van der Waals surface area contributed by atoms with Crippen molar-refractivity contribution in [2.45, 2.75) is 18.2 Å². The molecule has 20 heavy (non-hydrogen) atoms. The van der Waals surface area contributed by atoms with Crippen molar-refractivity contribution in [1.29, 1.82) is 0 Å². The Morgan fingerprint density at radius 2 is 2.10 bits per heavy atom. The molecule has 114 valence electrons. The molecule has 0 atom stereocenters. The molecule has 3 N–H and O–H groups in total. The minimum Gasteiger partial charge on any atom is -0.495 e. The van der Waals surface area contributed by atoms with Crippen LogP contribution in [0.2, 0.25) is 0 Å². The van der Waals surface area contributed by atoms with Gasteiger partial charge in [-0.2, -0.15) is 0 Å². The first-order valence-electron chi connectivity index (χ1n) is 6.12. The van der Waals surface area contributed by atoms with Crippen LogP contribution in [0, 0.1) is 0 Å². The summed E-state index contributed by atoms with van der Waals surface area (Å²) in [5, 5.41) is 0. The maximum absolute atomic E-state index is 12.2. The van der Waals surface area contributed by atoms with Gasteiger partial charge in [-0.15, -0.1) is 0 Å². The molecule has 0 aliphatic rings. The summed E-state index contributed by atoms with van der Waals surface area (Å²) in [6, 6.07) is 2.90. The van der Waals surface area contributed by atoms with Crippen LogP contribution in [0.5, 0.6) is 5.75 Å². The molecule has 0 unspecified atom stereocenters. The predicted octanol–water partition coefficient (Wildman–Crippen LogP) is 1.74. The molecule has 0 aliphatic carbocycles. The number of sulfonamides is 1. The first kappa shape index (κ1) is 17.2. The van der Waals surface area contributed by atoms with E-state index in [0.29, 0.717) is 36.3 Å². The smallest absolute Gasteiger partial charge is 0.244 e. The lowest BCUT2D eigenvalue weighted by Crippen LogP contribution is -2.26. The van der Waals surface area contributed by atoms with Crippen LogP contribution in [-0.4, -0.2) is 35.3 Å². The van der Waals surface area contributed by atoms with E-state index >= 15 is 0 Å². The number of nitrogen functional groups attached to an aromatic ring is 1. The van der Waals surface area contributed by atoms with Crippen LogP contribution < -0.4 is 15.2 Å². The second-order valence-corrected chi connectivity index (χ2v) is 6.56. The summed E-state index contributed by atoms with van der Waals surface area (Å²) in [5.74, 6) is 0.239. The third-order valence-electron chi connectivity index (χ3n) is 2.53. The zero-order chi connectivity index (χ0) is 15.2. The van der Waals surface area contributed by atoms with E-state index in [0.717, 1.165) is 0 Å². The van der Waals surface area contributed by atoms with Gasteiger partial charge in [0.2, 0.25) is 10.0 Å². The third-order valence-corrected chi connectivity index (χ3v) is 4.70. The highest BCUT2D eigenvalue weighted by atomic mass is 79.9. The fourth-order valence-electron chi connectivity index (χ4n) is 1.52. The number of rotatable bonds is 8. The number of methoxy groups -OCH3 is 1. The predicted molar refractivity (Wildman–Crippen MR) is 81.4 cm³/mol. The maximum atomic E-state index is 12.2. The van der Waals surface area contributed by atoms with Crippen molar-refractivity contribution < 1.29 is 17.9 Å². The molecule has 0 spiro atoms. The molecule has 0 heterocycles. The van der Waals surface area contributed by atoms with Crippen molar-refractivity contribution in [2.75, 3.05) is 32.6 Å². The summed E-state index contributed by atoms with van der Waals surface area (Å²) < 4.78 is 37.7. The number of nitrogens with two attached hydrogens (primary N) is 1. The highest BCUT2D eigenvalue weighted by Crippen LogP contribution is 2.32. The lowest BCUT2D eigenvalue weighted by Gasteiger charge is -2.12. The average molecular weight is 367 g/mol. The molecule has 0 fully saturated rings. The molecule has 6 nitrogen and oxygen atoms in total. The average Bonchev–Trinajstić information content (AvgIpc) is 2.41. The van der Waals surface area contributed by atoms with Gasteiger partial charge in [0.1, 0.15) is 10.6 Å². The summed E-state index contributed by atoms with van der Waals surface area (Å²) >= 11 is 3.23. The van der Waals surface area contributed by atoms with Gasteiger partial charge in [-0.05, 0) is 41.4 Å². The quantitative estimate of drug-likeness (QED) is 0.540. The number of nitrogens with one attached hydrogen (secondary N) is 1. The fourth-order valence-corrected chi connectivity index (χ4v) is 3.10. The largest absolute Gasteiger partial charge is 0.495 e. The van der Waals surface area contributed by atoms with Gasteiger partial charge in [-0.3, -0.25) is 0 Å². The minimum absolute atomic E-state index is 0.0251. The van der Waals surface area contributed by atoms with E-state index in [9.17, 15) is 8.42 Å². The van der Waals surface area contributed by atoms with Crippen LogP contribution in [0.3, 0.4) is 0 Å². The molecule has 1 aromatic carbocycles. The van der Waals surface area contributed by atoms with Crippen LogP contribution in [0.15, 0.2) is 21.5 Å². The molecule has 0 amide bonds. The Morgan fingerprint density at radius 1 is 1.40 bits per heavy atom. The van der Waals surface area contributed by atoms with Crippen LogP contribution in [0.25, 0.3) is 0 Å². The fraction of sp³-hybridized carbons (Fsp3) is 0.500. The van der Waals surface area contributed by atoms with Gasteiger partial charge in [0.15, 0.2) is 0 Å². The Kier molecular flexibility index (Phi) is 6.74. The number of benzene rings is 1. The molecular weight excluding hydrogens is 348 g/mol. The van der Waals surface area contributed by atoms with Crippen LogP contribution in [0.4, 0.5) is 5.69 Å². The second-order valence-electron chi connectivity index (χ2n) is 3.97. The van der Waals surface area contributed by atoms with E-state index in [-0.39, 0.29) is 10.6 Å². The third kappa shape index (κ3) is 4.62. The van der Waals surface area contributed by atoms with Gasteiger partial charge in [-0.1, -0.05) is 0 Å². The van der Waals surface area contributed by atoms with Crippen LogP contribution in [0.1, 0.15) is 13.3 Å².